The van der Waals surface area contributed by atoms with Gasteiger partial charge in [-0.05, 0) is 45.0 Å². The molecule has 1 amide bonds. The number of fused-ring (bicyclic) bond motifs is 3. The highest BCUT2D eigenvalue weighted by Gasteiger charge is 2.68. The van der Waals surface area contributed by atoms with Crippen LogP contribution in [0.1, 0.15) is 50.7 Å². The Balaban J connectivity index is 1.93. The van der Waals surface area contributed by atoms with Crippen LogP contribution in [-0.2, 0) is 19.2 Å². The van der Waals surface area contributed by atoms with E-state index in [4.69, 9.17) is 5.73 Å². The van der Waals surface area contributed by atoms with Crippen LogP contribution in [0.15, 0.2) is 29.0 Å². The lowest BCUT2D eigenvalue weighted by molar-refractivity contribution is -0.169. The molecule has 0 saturated heterocycles. The Hall–Kier alpha value is -3.74. The lowest BCUT2D eigenvalue weighted by atomic mass is 9.54. The fourth-order valence-electron chi connectivity index (χ4n) is 6.51. The number of carbonyl (C=O) groups excluding carboxylic acids is 4. The number of rotatable bonds is 7. The molecule has 1 unspecified atom stereocenters. The van der Waals surface area contributed by atoms with Gasteiger partial charge in [-0.2, -0.15) is 0 Å². The smallest absolute Gasteiger partial charge is 0.255 e. The third-order valence-corrected chi connectivity index (χ3v) is 8.48. The monoisotopic (exact) mass is 557 g/mol. The van der Waals surface area contributed by atoms with Gasteiger partial charge in [-0.25, -0.2) is 0 Å². The number of phenols is 1. The van der Waals surface area contributed by atoms with E-state index in [1.807, 2.05) is 6.92 Å². The summed E-state index contributed by atoms with van der Waals surface area (Å²) < 4.78 is 0. The number of likely N-dealkylation sites (N-methyl/N-ethyl adjacent to an activating group) is 1. The number of Topliss-reactive ketones (excluding diaryl/α,β-unsaturated/α-hetero) is 3. The lowest BCUT2D eigenvalue weighted by Gasteiger charge is -2.53. The van der Waals surface area contributed by atoms with Crippen LogP contribution in [0, 0.1) is 11.8 Å². The third kappa shape index (κ3) is 3.93. The minimum absolute atomic E-state index is 0.0933. The summed E-state index contributed by atoms with van der Waals surface area (Å²) in [4.78, 5) is 53.0. The number of aromatic hydroxyl groups is 1. The molecule has 12 nitrogen and oxygen atoms in total. The number of phenolic OH excluding ortho intramolecular Hbond substituents is 1. The number of aliphatic hydroxyl groups is 4. The minimum atomic E-state index is -2.98. The van der Waals surface area contributed by atoms with Crippen molar-refractivity contribution in [3.05, 3.63) is 40.2 Å². The number of hydrogen-bond acceptors (Lipinski definition) is 11. The highest BCUT2D eigenvalue weighted by Crippen LogP contribution is 2.56. The molecule has 0 aliphatic heterocycles. The molecule has 1 fully saturated rings. The average Bonchev–Trinajstić information content (AvgIpc) is 2.87. The van der Waals surface area contributed by atoms with E-state index in [1.54, 1.807) is 19.9 Å². The number of nitrogens with one attached hydrogen (secondary N) is 1. The SMILES string of the molecule is CCCC(=O)C(C)Nc1ccc2c(c1O)C(O)=C1C(=O)[C@]3(O)C(O)=C(C(N)=O)C(=O)[C@@H](N(C)C)[C@@H]3[C@@H](O)[C@@H]1[C@H]2C. The maximum absolute atomic E-state index is 14.0. The van der Waals surface area contributed by atoms with Gasteiger partial charge in [0.2, 0.25) is 5.78 Å². The van der Waals surface area contributed by atoms with Crippen molar-refractivity contribution in [3.8, 4) is 5.75 Å². The van der Waals surface area contributed by atoms with Crippen LogP contribution >= 0.6 is 0 Å². The quantitative estimate of drug-likeness (QED) is 0.183. The van der Waals surface area contributed by atoms with Crippen molar-refractivity contribution in [2.24, 2.45) is 17.6 Å². The number of hydrogen-bond donors (Lipinski definition) is 7. The van der Waals surface area contributed by atoms with E-state index < -0.39 is 87.4 Å². The molecule has 0 bridgehead atoms. The van der Waals surface area contributed by atoms with Gasteiger partial charge < -0.3 is 36.6 Å². The Morgan fingerprint density at radius 2 is 1.80 bits per heavy atom. The molecule has 0 radical (unpaired) electrons. The van der Waals surface area contributed by atoms with Gasteiger partial charge in [-0.1, -0.05) is 19.9 Å². The molecular formula is C28H35N3O9. The second kappa shape index (κ2) is 10.0. The van der Waals surface area contributed by atoms with Gasteiger partial charge in [0.25, 0.3) is 5.91 Å². The first-order valence-electron chi connectivity index (χ1n) is 13.1. The topological polar surface area (TPSA) is 211 Å². The maximum Gasteiger partial charge on any atom is 0.255 e. The van der Waals surface area contributed by atoms with E-state index in [1.165, 1.54) is 25.1 Å². The highest BCUT2D eigenvalue weighted by molar-refractivity contribution is 6.24. The average molecular weight is 558 g/mol. The summed E-state index contributed by atoms with van der Waals surface area (Å²) in [5.74, 6) is -9.63. The summed E-state index contributed by atoms with van der Waals surface area (Å²) in [7, 11) is 2.89. The predicted molar refractivity (Wildman–Crippen MR) is 143 cm³/mol. The first-order chi connectivity index (χ1) is 18.6. The van der Waals surface area contributed by atoms with E-state index in [9.17, 15) is 44.7 Å². The standard InChI is InChI=1S/C28H35N3O9/c1-6-7-14(32)11(3)30-13-9-8-12-10(2)15-17(22(34)16(12)21(13)33)25(37)28(40)19(23(15)35)20(31(4)5)24(36)18(26(28)38)27(29)39/h8-11,15,19-20,23,30,33-35,38,40H,6-7H2,1-5H3,(H2,29,39)/t10-,11?,15+,19+,20-,23-,28-/m0/s1. The molecule has 1 aromatic carbocycles. The Morgan fingerprint density at radius 1 is 1.18 bits per heavy atom. The zero-order valence-electron chi connectivity index (χ0n) is 22.9. The van der Waals surface area contributed by atoms with Crippen LogP contribution in [0.2, 0.25) is 0 Å². The van der Waals surface area contributed by atoms with Crippen LogP contribution in [-0.4, -0.2) is 91.6 Å². The summed E-state index contributed by atoms with van der Waals surface area (Å²) in [5, 5.41) is 59.8. The van der Waals surface area contributed by atoms with Crippen LogP contribution in [0.3, 0.4) is 0 Å². The van der Waals surface area contributed by atoms with Gasteiger partial charge in [0.15, 0.2) is 17.2 Å². The lowest BCUT2D eigenvalue weighted by Crippen LogP contribution is -2.70. The van der Waals surface area contributed by atoms with Gasteiger partial charge in [-0.3, -0.25) is 24.1 Å². The van der Waals surface area contributed by atoms with Crippen molar-refractivity contribution in [2.45, 2.75) is 63.3 Å². The molecule has 1 saturated carbocycles. The van der Waals surface area contributed by atoms with Crippen LogP contribution in [0.5, 0.6) is 5.75 Å². The molecule has 0 heterocycles. The van der Waals surface area contributed by atoms with E-state index >= 15 is 0 Å². The van der Waals surface area contributed by atoms with Crippen LogP contribution in [0.4, 0.5) is 5.69 Å². The molecule has 8 N–H and O–H groups in total. The molecule has 3 aliphatic carbocycles. The third-order valence-electron chi connectivity index (χ3n) is 8.48. The molecule has 0 aromatic heterocycles. The second-order valence-electron chi connectivity index (χ2n) is 11.1. The fraction of sp³-hybridized carbons (Fsp3) is 0.500. The molecule has 0 spiro atoms. The number of nitrogens with two attached hydrogens (primary N) is 1. The van der Waals surface area contributed by atoms with Gasteiger partial charge in [-0.15, -0.1) is 0 Å². The first kappa shape index (κ1) is 29.2. The molecular weight excluding hydrogens is 522 g/mol. The number of carbonyl (C=O) groups is 4. The molecule has 4 rings (SSSR count). The Bertz CT molecular complexity index is 1380. The molecule has 1 aromatic rings. The van der Waals surface area contributed by atoms with Gasteiger partial charge in [0.1, 0.15) is 22.8 Å². The molecule has 7 atom stereocenters. The van der Waals surface area contributed by atoms with Crippen molar-refractivity contribution in [3.63, 3.8) is 0 Å². The largest absolute Gasteiger partial charge is 0.508 e. The summed E-state index contributed by atoms with van der Waals surface area (Å²) in [6, 6.07) is 1.03. The normalized spacial score (nSPS) is 30.6. The predicted octanol–water partition coefficient (Wildman–Crippen LogP) is 0.665. The molecule has 216 valence electrons. The number of benzene rings is 1. The van der Waals surface area contributed by atoms with Gasteiger partial charge in [0.05, 0.1) is 35.4 Å². The van der Waals surface area contributed by atoms with Crippen molar-refractivity contribution < 1.29 is 44.7 Å². The van der Waals surface area contributed by atoms with Crippen molar-refractivity contribution in [2.75, 3.05) is 19.4 Å². The van der Waals surface area contributed by atoms with Crippen molar-refractivity contribution >= 4 is 34.7 Å². The number of anilines is 1. The second-order valence-corrected chi connectivity index (χ2v) is 11.1. The minimum Gasteiger partial charge on any atom is -0.508 e. The van der Waals surface area contributed by atoms with Gasteiger partial charge >= 0.3 is 0 Å². The number of ketones is 3. The number of amides is 1. The zero-order valence-corrected chi connectivity index (χ0v) is 22.9. The Morgan fingerprint density at radius 3 is 2.35 bits per heavy atom. The van der Waals surface area contributed by atoms with E-state index in [0.717, 1.165) is 0 Å². The van der Waals surface area contributed by atoms with Crippen molar-refractivity contribution in [1.82, 2.24) is 4.90 Å². The van der Waals surface area contributed by atoms with Gasteiger partial charge in [0, 0.05) is 17.9 Å². The fourth-order valence-corrected chi connectivity index (χ4v) is 6.51. The molecule has 40 heavy (non-hydrogen) atoms. The van der Waals surface area contributed by atoms with E-state index in [0.29, 0.717) is 18.4 Å². The summed E-state index contributed by atoms with van der Waals surface area (Å²) in [6.45, 7) is 5.14. The van der Waals surface area contributed by atoms with E-state index in [2.05, 4.69) is 5.32 Å². The Labute approximate surface area is 230 Å². The summed E-state index contributed by atoms with van der Waals surface area (Å²) in [6.07, 6.45) is -0.705. The zero-order chi connectivity index (χ0) is 30.0. The molecule has 12 heteroatoms. The molecule has 3 aliphatic rings. The number of primary amides is 1. The summed E-state index contributed by atoms with van der Waals surface area (Å²) in [5.41, 5.74) is 1.25. The van der Waals surface area contributed by atoms with Crippen LogP contribution in [0.25, 0.3) is 5.76 Å². The Kier molecular flexibility index (Phi) is 7.33. The first-order valence-corrected chi connectivity index (χ1v) is 13.1. The number of aliphatic hydroxyl groups excluding tert-OH is 3. The van der Waals surface area contributed by atoms with Crippen LogP contribution < -0.4 is 11.1 Å². The number of nitrogens with zero attached hydrogens (tertiary/aromatic N) is 1. The summed E-state index contributed by atoms with van der Waals surface area (Å²) >= 11 is 0. The van der Waals surface area contributed by atoms with E-state index in [-0.39, 0.29) is 17.0 Å². The van der Waals surface area contributed by atoms with Crippen molar-refractivity contribution in [1.29, 1.82) is 0 Å². The maximum atomic E-state index is 14.0. The highest BCUT2D eigenvalue weighted by atomic mass is 16.4.